The fourth-order valence-corrected chi connectivity index (χ4v) is 2.76. The molecule has 26 heavy (non-hydrogen) atoms. The number of primary amides is 1. The van der Waals surface area contributed by atoms with Crippen molar-refractivity contribution in [2.24, 2.45) is 5.73 Å². The smallest absolute Gasteiger partial charge is 0.372 e. The average Bonchev–Trinajstić information content (AvgIpc) is 2.62. The van der Waals surface area contributed by atoms with Crippen molar-refractivity contribution in [2.75, 3.05) is 6.61 Å². The summed E-state index contributed by atoms with van der Waals surface area (Å²) >= 11 is 0.822. The van der Waals surface area contributed by atoms with Gasteiger partial charge in [-0.1, -0.05) is 18.2 Å². The van der Waals surface area contributed by atoms with Crippen LogP contribution in [0.1, 0.15) is 17.3 Å². The Morgan fingerprint density at radius 2 is 1.85 bits per heavy atom. The Balaban J connectivity index is 1.93. The zero-order valence-corrected chi connectivity index (χ0v) is 15.1. The van der Waals surface area contributed by atoms with Crippen LogP contribution >= 0.6 is 11.8 Å². The Kier molecular flexibility index (Phi) is 7.16. The summed E-state index contributed by atoms with van der Waals surface area (Å²) in [6.07, 6.45) is 3.75. The number of pyridine rings is 1. The third kappa shape index (κ3) is 5.89. The van der Waals surface area contributed by atoms with Gasteiger partial charge in [-0.15, -0.1) is 0 Å². The highest BCUT2D eigenvalue weighted by Crippen LogP contribution is 2.24. The van der Waals surface area contributed by atoms with Crippen LogP contribution in [0.25, 0.3) is 0 Å². The molecule has 0 radical (unpaired) electrons. The number of aromatic nitrogens is 1. The molecule has 8 heteroatoms. The van der Waals surface area contributed by atoms with Crippen molar-refractivity contribution in [2.45, 2.75) is 24.4 Å². The summed E-state index contributed by atoms with van der Waals surface area (Å²) in [4.78, 5) is 35.8. The van der Waals surface area contributed by atoms with E-state index in [0.29, 0.717) is 11.4 Å². The number of hydrogen-bond acceptors (Lipinski definition) is 5. The lowest BCUT2D eigenvalue weighted by Gasteiger charge is -2.12. The molecule has 1 aromatic carbocycles. The van der Waals surface area contributed by atoms with E-state index in [1.165, 1.54) is 6.92 Å². The maximum Gasteiger partial charge on any atom is 0.372 e. The lowest BCUT2D eigenvalue weighted by atomic mass is 10.2. The maximum atomic E-state index is 12.3. The van der Waals surface area contributed by atoms with Crippen molar-refractivity contribution in [3.8, 4) is 0 Å². The first-order valence-electron chi connectivity index (χ1n) is 7.95. The zero-order valence-electron chi connectivity index (χ0n) is 14.3. The lowest BCUT2D eigenvalue weighted by Crippen LogP contribution is -2.42. The van der Waals surface area contributed by atoms with E-state index < -0.39 is 23.2 Å². The number of nitrogens with two attached hydrogens (primary N) is 1. The minimum atomic E-state index is -0.810. The Hall–Kier alpha value is -2.87. The lowest BCUT2D eigenvalue weighted by molar-refractivity contribution is -0.697. The number of rotatable bonds is 7. The van der Waals surface area contributed by atoms with E-state index in [-0.39, 0.29) is 12.2 Å². The molecule has 1 heterocycles. The third-order valence-corrected chi connectivity index (χ3v) is 4.31. The molecular formula is C18H20N3O4S+. The van der Waals surface area contributed by atoms with E-state index in [4.69, 9.17) is 10.5 Å². The molecule has 0 aliphatic carbocycles. The van der Waals surface area contributed by atoms with Crippen molar-refractivity contribution in [3.63, 3.8) is 0 Å². The van der Waals surface area contributed by atoms with Gasteiger partial charge in [0.05, 0.1) is 5.56 Å². The van der Waals surface area contributed by atoms with Gasteiger partial charge in [0.25, 0.3) is 5.91 Å². The number of amides is 2. The predicted octanol–water partition coefficient (Wildman–Crippen LogP) is 1.51. The topological polar surface area (TPSA) is 102 Å². The molecule has 136 valence electrons. The highest BCUT2D eigenvalue weighted by atomic mass is 32.2. The quantitative estimate of drug-likeness (QED) is 0.434. The first-order valence-corrected chi connectivity index (χ1v) is 8.77. The molecule has 1 aromatic heterocycles. The van der Waals surface area contributed by atoms with Crippen molar-refractivity contribution in [3.05, 3.63) is 60.4 Å². The summed E-state index contributed by atoms with van der Waals surface area (Å²) in [5.74, 6) is -1.12. The molecule has 0 saturated carbocycles. The van der Waals surface area contributed by atoms with Crippen LogP contribution in [-0.2, 0) is 16.1 Å². The highest BCUT2D eigenvalue weighted by Gasteiger charge is 2.18. The molecule has 2 aromatic rings. The molecule has 0 fully saturated rings. The van der Waals surface area contributed by atoms with Crippen LogP contribution in [0.5, 0.6) is 0 Å². The Morgan fingerprint density at radius 1 is 1.15 bits per heavy atom. The summed E-state index contributed by atoms with van der Waals surface area (Å²) in [6.45, 7) is 2.24. The molecule has 2 amide bonds. The maximum absolute atomic E-state index is 12.3. The first kappa shape index (κ1) is 19.5. The van der Waals surface area contributed by atoms with Gasteiger partial charge >= 0.3 is 5.30 Å². The summed E-state index contributed by atoms with van der Waals surface area (Å²) in [5.41, 5.74) is 5.43. The minimum Gasteiger partial charge on any atom is -0.451 e. The van der Waals surface area contributed by atoms with Crippen LogP contribution in [0.4, 0.5) is 4.79 Å². The van der Waals surface area contributed by atoms with E-state index in [0.717, 1.165) is 11.8 Å². The fourth-order valence-electron chi connectivity index (χ4n) is 2.03. The second-order valence-electron chi connectivity index (χ2n) is 5.41. The van der Waals surface area contributed by atoms with Gasteiger partial charge in [-0.2, -0.15) is 0 Å². The average molecular weight is 374 g/mol. The summed E-state index contributed by atoms with van der Waals surface area (Å²) in [5, 5.41) is 1.98. The van der Waals surface area contributed by atoms with E-state index in [1.807, 2.05) is 35.2 Å². The van der Waals surface area contributed by atoms with E-state index in [9.17, 15) is 14.4 Å². The summed E-state index contributed by atoms with van der Waals surface area (Å²) in [6, 6.07) is 11.5. The van der Waals surface area contributed by atoms with Crippen molar-refractivity contribution in [1.82, 2.24) is 5.32 Å². The number of carbonyl (C=O) groups excluding carboxylic acids is 3. The summed E-state index contributed by atoms with van der Waals surface area (Å²) in [7, 11) is 0. The zero-order chi connectivity index (χ0) is 18.9. The van der Waals surface area contributed by atoms with Crippen molar-refractivity contribution in [1.29, 1.82) is 0 Å². The number of carbonyl (C=O) groups is 3. The molecule has 0 aliphatic heterocycles. The third-order valence-electron chi connectivity index (χ3n) is 3.45. The molecule has 3 N–H and O–H groups in total. The Morgan fingerprint density at radius 3 is 2.54 bits per heavy atom. The van der Waals surface area contributed by atoms with Gasteiger partial charge in [-0.3, -0.25) is 9.59 Å². The molecule has 0 bridgehead atoms. The van der Waals surface area contributed by atoms with Crippen LogP contribution in [0.3, 0.4) is 0 Å². The van der Waals surface area contributed by atoms with Crippen molar-refractivity contribution < 1.29 is 23.7 Å². The van der Waals surface area contributed by atoms with Crippen LogP contribution < -0.4 is 15.6 Å². The summed E-state index contributed by atoms with van der Waals surface area (Å²) < 4.78 is 7.09. The van der Waals surface area contributed by atoms with Gasteiger partial charge in [0, 0.05) is 17.0 Å². The van der Waals surface area contributed by atoms with Crippen LogP contribution in [-0.4, -0.2) is 29.8 Å². The van der Waals surface area contributed by atoms with E-state index >= 15 is 0 Å². The number of hydrogen-bond donors (Lipinski definition) is 2. The largest absolute Gasteiger partial charge is 0.451 e. The molecular weight excluding hydrogens is 354 g/mol. The van der Waals surface area contributed by atoms with E-state index in [1.54, 1.807) is 24.3 Å². The number of nitrogens with one attached hydrogen (secondary N) is 1. The number of ether oxygens (including phenoxy) is 1. The molecule has 0 saturated heterocycles. The minimum absolute atomic E-state index is 0.216. The molecule has 1 atom stereocenters. The van der Waals surface area contributed by atoms with Crippen LogP contribution in [0.2, 0.25) is 0 Å². The van der Waals surface area contributed by atoms with Gasteiger partial charge in [-0.05, 0) is 30.8 Å². The molecule has 0 spiro atoms. The monoisotopic (exact) mass is 374 g/mol. The van der Waals surface area contributed by atoms with Gasteiger partial charge in [0.1, 0.15) is 6.04 Å². The van der Waals surface area contributed by atoms with Gasteiger partial charge in [0.2, 0.25) is 5.91 Å². The first-order chi connectivity index (χ1) is 12.5. The van der Waals surface area contributed by atoms with Crippen LogP contribution in [0, 0.1) is 0 Å². The molecule has 2 rings (SSSR count). The van der Waals surface area contributed by atoms with Gasteiger partial charge in [-0.25, -0.2) is 9.36 Å². The highest BCUT2D eigenvalue weighted by molar-refractivity contribution is 8.13. The Labute approximate surface area is 155 Å². The molecule has 0 aliphatic rings. The number of benzene rings is 1. The predicted molar refractivity (Wildman–Crippen MR) is 96.4 cm³/mol. The molecule has 0 unspecified atom stereocenters. The molecule has 7 nitrogen and oxygen atoms in total. The van der Waals surface area contributed by atoms with Gasteiger partial charge in [0.15, 0.2) is 25.5 Å². The fraction of sp³-hybridized carbons (Fsp3) is 0.222. The second-order valence-corrected chi connectivity index (χ2v) is 6.38. The van der Waals surface area contributed by atoms with Crippen molar-refractivity contribution >= 4 is 28.9 Å². The van der Waals surface area contributed by atoms with E-state index in [2.05, 4.69) is 5.32 Å². The SMILES string of the molecule is C[C@@H](NC(=O)c1ccccc1SC(=O)OCC[n+]1ccccc1)C(N)=O. The standard InChI is InChI=1S/C18H19N3O4S/c1-13(16(19)22)20-17(23)14-7-3-4-8-15(14)26-18(24)25-12-11-21-9-5-2-6-10-21/h2-10,13H,11-12H2,1H3,(H2-,19,20,22,23)/p+1/t13-/m1/s1. The van der Waals surface area contributed by atoms with Gasteiger partial charge < -0.3 is 15.8 Å². The number of thioether (sulfide) groups is 1. The Bertz CT molecular complexity index is 783. The second kappa shape index (κ2) is 9.57. The van der Waals surface area contributed by atoms with Crippen LogP contribution in [0.15, 0.2) is 59.8 Å². The number of nitrogens with zero attached hydrogens (tertiary/aromatic N) is 1. The normalized spacial score (nSPS) is 11.4.